The van der Waals surface area contributed by atoms with E-state index in [9.17, 15) is 9.59 Å². The van der Waals surface area contributed by atoms with Gasteiger partial charge in [0.05, 0.1) is 38.7 Å². The number of fused-ring (bicyclic) bond motifs is 1. The summed E-state index contributed by atoms with van der Waals surface area (Å²) in [6.07, 6.45) is 2.12. The number of rotatable bonds is 7. The Morgan fingerprint density at radius 3 is 2.21 bits per heavy atom. The monoisotopic (exact) mass is 509 g/mol. The second kappa shape index (κ2) is 10.9. The molecule has 1 aliphatic rings. The van der Waals surface area contributed by atoms with Crippen LogP contribution in [0.1, 0.15) is 39.6 Å². The third-order valence-corrected chi connectivity index (χ3v) is 7.20. The number of aryl methyl sites for hydroxylation is 1. The summed E-state index contributed by atoms with van der Waals surface area (Å²) in [6, 6.07) is 24.7. The molecule has 0 aliphatic carbocycles. The third-order valence-electron chi connectivity index (χ3n) is 7.20. The lowest BCUT2D eigenvalue weighted by Crippen LogP contribution is -2.51. The number of aromatic nitrogens is 2. The summed E-state index contributed by atoms with van der Waals surface area (Å²) in [7, 11) is 3.03. The van der Waals surface area contributed by atoms with Crippen molar-refractivity contribution in [3.05, 3.63) is 119 Å². The van der Waals surface area contributed by atoms with E-state index in [0.717, 1.165) is 39.4 Å². The van der Waals surface area contributed by atoms with E-state index in [1.165, 1.54) is 7.11 Å². The fourth-order valence-corrected chi connectivity index (χ4v) is 5.27. The molecule has 1 unspecified atom stereocenters. The number of carbonyl (C=O) groups excluding carboxylic acids is 2. The normalized spacial score (nSPS) is 14.7. The highest BCUT2D eigenvalue weighted by Gasteiger charge is 2.40. The van der Waals surface area contributed by atoms with Crippen molar-refractivity contribution in [2.24, 2.45) is 0 Å². The van der Waals surface area contributed by atoms with Crippen LogP contribution in [-0.2, 0) is 33.8 Å². The number of amides is 1. The number of hydrogen-bond acceptors (Lipinski definition) is 5. The molecule has 0 N–H and O–H groups in total. The van der Waals surface area contributed by atoms with Crippen LogP contribution in [0.3, 0.4) is 0 Å². The zero-order valence-electron chi connectivity index (χ0n) is 21.8. The molecule has 1 amide bonds. The van der Waals surface area contributed by atoms with E-state index in [-0.39, 0.29) is 12.5 Å². The van der Waals surface area contributed by atoms with Gasteiger partial charge in [-0.25, -0.2) is 9.78 Å². The van der Waals surface area contributed by atoms with Gasteiger partial charge in [0, 0.05) is 18.7 Å². The molecule has 0 saturated heterocycles. The molecule has 0 radical (unpaired) electrons. The summed E-state index contributed by atoms with van der Waals surface area (Å²) in [5, 5.41) is 0. The summed E-state index contributed by atoms with van der Waals surface area (Å²) < 4.78 is 12.6. The van der Waals surface area contributed by atoms with Crippen molar-refractivity contribution in [1.82, 2.24) is 14.5 Å². The van der Waals surface area contributed by atoms with Crippen molar-refractivity contribution >= 4 is 11.9 Å². The maximum absolute atomic E-state index is 14.2. The molecule has 4 aromatic rings. The maximum Gasteiger partial charge on any atom is 0.328 e. The SMILES string of the molecule is COC(=O)C1Cc2c(ncn2Cc2ccc(OC)c(C)c2)CN1C(=O)C(c1ccccc1)c1ccccc1. The minimum atomic E-state index is -0.747. The average molecular weight is 510 g/mol. The lowest BCUT2D eigenvalue weighted by Gasteiger charge is -2.36. The van der Waals surface area contributed by atoms with Gasteiger partial charge in [-0.2, -0.15) is 0 Å². The highest BCUT2D eigenvalue weighted by Crippen LogP contribution is 2.32. The van der Waals surface area contributed by atoms with E-state index < -0.39 is 17.9 Å². The van der Waals surface area contributed by atoms with Crippen molar-refractivity contribution in [2.45, 2.75) is 38.4 Å². The van der Waals surface area contributed by atoms with Gasteiger partial charge in [0.25, 0.3) is 0 Å². The number of esters is 1. The number of carbonyl (C=O) groups is 2. The molecule has 194 valence electrons. The van der Waals surface area contributed by atoms with Gasteiger partial charge >= 0.3 is 5.97 Å². The van der Waals surface area contributed by atoms with Crippen LogP contribution in [0.4, 0.5) is 0 Å². The van der Waals surface area contributed by atoms with Gasteiger partial charge in [-0.15, -0.1) is 0 Å². The quantitative estimate of drug-likeness (QED) is 0.343. The van der Waals surface area contributed by atoms with E-state index in [2.05, 4.69) is 15.6 Å². The predicted octanol–water partition coefficient (Wildman–Crippen LogP) is 4.51. The van der Waals surface area contributed by atoms with Crippen molar-refractivity contribution in [3.63, 3.8) is 0 Å². The van der Waals surface area contributed by atoms with Gasteiger partial charge in [-0.3, -0.25) is 4.79 Å². The van der Waals surface area contributed by atoms with Gasteiger partial charge in [-0.05, 0) is 35.2 Å². The fourth-order valence-electron chi connectivity index (χ4n) is 5.27. The second-order valence-electron chi connectivity index (χ2n) is 9.53. The summed E-state index contributed by atoms with van der Waals surface area (Å²) >= 11 is 0. The zero-order valence-corrected chi connectivity index (χ0v) is 21.8. The Morgan fingerprint density at radius 1 is 0.974 bits per heavy atom. The molecule has 0 spiro atoms. The molecule has 1 atom stereocenters. The van der Waals surface area contributed by atoms with Crippen molar-refractivity contribution in [3.8, 4) is 5.75 Å². The standard InChI is InChI=1S/C31H31N3O4/c1-21-16-22(14-15-28(21)37-2)18-33-20-32-25-19-34(27(17-26(25)33)31(36)38-3)30(35)29(23-10-6-4-7-11-23)24-12-8-5-9-13-24/h4-16,20,27,29H,17-19H2,1-3H3. The topological polar surface area (TPSA) is 73.7 Å². The molecule has 0 fully saturated rings. The van der Waals surface area contributed by atoms with Crippen LogP contribution >= 0.6 is 0 Å². The lowest BCUT2D eigenvalue weighted by atomic mass is 9.88. The van der Waals surface area contributed by atoms with E-state index >= 15 is 0 Å². The molecule has 5 rings (SSSR count). The number of imidazole rings is 1. The first kappa shape index (κ1) is 25.3. The Bertz CT molecular complexity index is 1390. The van der Waals surface area contributed by atoms with Gasteiger partial charge < -0.3 is 18.9 Å². The summed E-state index contributed by atoms with van der Waals surface area (Å²) in [5.74, 6) is -0.288. The number of methoxy groups -OCH3 is 2. The molecule has 0 bridgehead atoms. The molecule has 7 heteroatoms. The summed E-state index contributed by atoms with van der Waals surface area (Å²) in [4.78, 5) is 33.5. The molecule has 1 aromatic heterocycles. The van der Waals surface area contributed by atoms with E-state index in [4.69, 9.17) is 9.47 Å². The Balaban J connectivity index is 1.48. The van der Waals surface area contributed by atoms with Crippen LogP contribution in [0.5, 0.6) is 5.75 Å². The van der Waals surface area contributed by atoms with Crippen LogP contribution in [0, 0.1) is 6.92 Å². The van der Waals surface area contributed by atoms with Crippen molar-refractivity contribution in [1.29, 1.82) is 0 Å². The Labute approximate surface area is 222 Å². The molecule has 1 aliphatic heterocycles. The molecule has 38 heavy (non-hydrogen) atoms. The van der Waals surface area contributed by atoms with Crippen molar-refractivity contribution < 1.29 is 19.1 Å². The molecule has 3 aromatic carbocycles. The highest BCUT2D eigenvalue weighted by atomic mass is 16.5. The van der Waals surface area contributed by atoms with Crippen LogP contribution in [-0.4, -0.2) is 46.6 Å². The predicted molar refractivity (Wildman–Crippen MR) is 144 cm³/mol. The van der Waals surface area contributed by atoms with Crippen LogP contribution in [0.15, 0.2) is 85.2 Å². The maximum atomic E-state index is 14.2. The lowest BCUT2D eigenvalue weighted by molar-refractivity contribution is -0.154. The largest absolute Gasteiger partial charge is 0.496 e. The second-order valence-corrected chi connectivity index (χ2v) is 9.53. The van der Waals surface area contributed by atoms with E-state index in [1.54, 1.807) is 18.3 Å². The van der Waals surface area contributed by atoms with Gasteiger partial charge in [0.2, 0.25) is 5.91 Å². The number of ether oxygens (including phenoxy) is 2. The Hall–Kier alpha value is -4.39. The summed E-state index contributed by atoms with van der Waals surface area (Å²) in [5.41, 5.74) is 5.63. The zero-order chi connectivity index (χ0) is 26.6. The van der Waals surface area contributed by atoms with Crippen LogP contribution in [0.2, 0.25) is 0 Å². The number of nitrogens with zero attached hydrogens (tertiary/aromatic N) is 3. The minimum absolute atomic E-state index is 0.149. The molecule has 2 heterocycles. The Kier molecular flexibility index (Phi) is 7.26. The third kappa shape index (κ3) is 4.92. The summed E-state index contributed by atoms with van der Waals surface area (Å²) in [6.45, 7) is 2.85. The van der Waals surface area contributed by atoms with Crippen molar-refractivity contribution in [2.75, 3.05) is 14.2 Å². The highest BCUT2D eigenvalue weighted by molar-refractivity contribution is 5.91. The molecule has 7 nitrogen and oxygen atoms in total. The fraction of sp³-hybridized carbons (Fsp3) is 0.258. The van der Waals surface area contributed by atoms with Gasteiger partial charge in [-0.1, -0.05) is 72.8 Å². The first-order valence-electron chi connectivity index (χ1n) is 12.6. The number of hydrogen-bond donors (Lipinski definition) is 0. The van der Waals surface area contributed by atoms with Crippen LogP contribution < -0.4 is 4.74 Å². The first-order valence-corrected chi connectivity index (χ1v) is 12.6. The number of benzene rings is 3. The molecule has 0 saturated carbocycles. The van der Waals surface area contributed by atoms with Crippen LogP contribution in [0.25, 0.3) is 0 Å². The molecular weight excluding hydrogens is 478 g/mol. The van der Waals surface area contributed by atoms with Gasteiger partial charge in [0.1, 0.15) is 11.8 Å². The molecular formula is C31H31N3O4. The first-order chi connectivity index (χ1) is 18.5. The average Bonchev–Trinajstić information content (AvgIpc) is 3.34. The van der Waals surface area contributed by atoms with Gasteiger partial charge in [0.15, 0.2) is 0 Å². The minimum Gasteiger partial charge on any atom is -0.496 e. The van der Waals surface area contributed by atoms with E-state index in [1.807, 2.05) is 79.7 Å². The van der Waals surface area contributed by atoms with E-state index in [0.29, 0.717) is 13.0 Å². The smallest absolute Gasteiger partial charge is 0.328 e. The Morgan fingerprint density at radius 2 is 1.63 bits per heavy atom.